The number of amides is 1. The number of benzene rings is 2. The Morgan fingerprint density at radius 1 is 1.18 bits per heavy atom. The maximum atomic E-state index is 13.7. The van der Waals surface area contributed by atoms with E-state index in [1.807, 2.05) is 35.1 Å². The predicted molar refractivity (Wildman–Crippen MR) is 143 cm³/mol. The maximum Gasteiger partial charge on any atom is 0.328 e. The molecule has 39 heavy (non-hydrogen) atoms. The second kappa shape index (κ2) is 11.2. The number of methoxy groups -OCH3 is 1. The Morgan fingerprint density at radius 2 is 1.92 bits per heavy atom. The van der Waals surface area contributed by atoms with Crippen LogP contribution in [0.25, 0.3) is 0 Å². The number of allylic oxidation sites excluding steroid dienone is 1. The Balaban J connectivity index is 1.27. The van der Waals surface area contributed by atoms with E-state index in [1.165, 1.54) is 25.3 Å². The predicted octanol–water partition coefficient (Wildman–Crippen LogP) is 3.29. The Labute approximate surface area is 225 Å². The highest BCUT2D eigenvalue weighted by molar-refractivity contribution is 5.96. The van der Waals surface area contributed by atoms with Crippen molar-refractivity contribution in [2.45, 2.75) is 44.4 Å². The number of fused-ring (bicyclic) bond motifs is 1. The first-order valence-electron chi connectivity index (χ1n) is 12.8. The van der Waals surface area contributed by atoms with Crippen LogP contribution in [0, 0.1) is 5.82 Å². The number of aliphatic carboxylic acids is 1. The van der Waals surface area contributed by atoms with Crippen LogP contribution in [0.3, 0.4) is 0 Å². The molecule has 10 nitrogen and oxygen atoms in total. The lowest BCUT2D eigenvalue weighted by Gasteiger charge is -2.46. The molecule has 1 aliphatic carbocycles. The number of hydrogen-bond acceptors (Lipinski definition) is 7. The van der Waals surface area contributed by atoms with Crippen molar-refractivity contribution >= 4 is 17.6 Å². The van der Waals surface area contributed by atoms with E-state index in [-0.39, 0.29) is 18.2 Å². The van der Waals surface area contributed by atoms with E-state index in [2.05, 4.69) is 20.3 Å². The zero-order chi connectivity index (χ0) is 27.5. The fourth-order valence-electron chi connectivity index (χ4n) is 5.24. The molecule has 1 atom stereocenters. The molecule has 2 aliphatic rings. The van der Waals surface area contributed by atoms with Crippen LogP contribution in [0.5, 0.6) is 5.75 Å². The van der Waals surface area contributed by atoms with Gasteiger partial charge in [0.25, 0.3) is 5.91 Å². The van der Waals surface area contributed by atoms with Gasteiger partial charge in [-0.3, -0.25) is 9.80 Å². The van der Waals surface area contributed by atoms with Gasteiger partial charge < -0.3 is 25.8 Å². The Bertz CT molecular complexity index is 1380. The van der Waals surface area contributed by atoms with Gasteiger partial charge >= 0.3 is 5.97 Å². The summed E-state index contributed by atoms with van der Waals surface area (Å²) in [6, 6.07) is 13.7. The molecule has 0 spiro atoms. The van der Waals surface area contributed by atoms with Gasteiger partial charge in [0.15, 0.2) is 0 Å². The summed E-state index contributed by atoms with van der Waals surface area (Å²) in [4.78, 5) is 27.7. The molecule has 1 unspecified atom stereocenters. The van der Waals surface area contributed by atoms with E-state index in [0.717, 1.165) is 54.3 Å². The molecule has 1 saturated carbocycles. The number of anilines is 1. The van der Waals surface area contributed by atoms with Crippen molar-refractivity contribution in [1.29, 1.82) is 0 Å². The van der Waals surface area contributed by atoms with Gasteiger partial charge in [-0.2, -0.15) is 9.89 Å². The lowest BCUT2D eigenvalue weighted by atomic mass is 9.90. The number of halogens is 1. The Kier molecular flexibility index (Phi) is 7.51. The summed E-state index contributed by atoms with van der Waals surface area (Å²) in [6.07, 6.45) is 5.79. The van der Waals surface area contributed by atoms with Gasteiger partial charge in [-0.05, 0) is 67.6 Å². The second-order valence-electron chi connectivity index (χ2n) is 9.71. The average molecular weight is 535 g/mol. The molecule has 1 aliphatic heterocycles. The minimum Gasteiger partial charge on any atom is -0.496 e. The number of carboxylic acids is 1. The molecule has 0 radical (unpaired) electrons. The number of carbonyl (C=O) groups excluding carboxylic acids is 1. The minimum absolute atomic E-state index is 0.137. The van der Waals surface area contributed by atoms with Gasteiger partial charge in [-0.15, -0.1) is 0 Å². The molecule has 0 saturated heterocycles. The van der Waals surface area contributed by atoms with E-state index in [4.69, 9.17) is 15.6 Å². The summed E-state index contributed by atoms with van der Waals surface area (Å²) in [7, 11) is 1.43. The van der Waals surface area contributed by atoms with E-state index in [0.29, 0.717) is 12.4 Å². The first-order valence-corrected chi connectivity index (χ1v) is 12.8. The number of aromatic nitrogens is 2. The molecule has 204 valence electrons. The molecular weight excluding hydrogens is 503 g/mol. The standard InChI is InChI=1S/C28H31FN6O4/c1-39-25-11-6-20(29)15-23(25)28(38)31-16-19-4-7-21(8-5-19)33-17-34(35-24(27(33)30)12-13-32-35)22-9-2-18(3-10-22)14-26(36)37/h4-8,11-15,22,27H,2-3,9-10,16-17,30H2,1H3,(H,31,38)(H,36,37). The van der Waals surface area contributed by atoms with Crippen molar-refractivity contribution in [3.63, 3.8) is 0 Å². The molecule has 2 heterocycles. The number of rotatable bonds is 7. The first-order chi connectivity index (χ1) is 18.8. The molecule has 11 heteroatoms. The largest absolute Gasteiger partial charge is 0.496 e. The van der Waals surface area contributed by atoms with Crippen LogP contribution in [-0.4, -0.2) is 46.7 Å². The Hall–Kier alpha value is -4.38. The quantitative estimate of drug-likeness (QED) is 0.395. The number of hydrogen-bond donors (Lipinski definition) is 3. The molecule has 0 bridgehead atoms. The van der Waals surface area contributed by atoms with Crippen molar-refractivity contribution in [3.8, 4) is 5.75 Å². The van der Waals surface area contributed by atoms with Crippen LogP contribution in [-0.2, 0) is 11.3 Å². The highest BCUT2D eigenvalue weighted by atomic mass is 19.1. The average Bonchev–Trinajstić information content (AvgIpc) is 3.43. The van der Waals surface area contributed by atoms with Gasteiger partial charge in [0.1, 0.15) is 24.4 Å². The summed E-state index contributed by atoms with van der Waals surface area (Å²) in [6.45, 7) is 0.784. The summed E-state index contributed by atoms with van der Waals surface area (Å²) < 4.78 is 18.8. The monoisotopic (exact) mass is 534 g/mol. The van der Waals surface area contributed by atoms with Crippen LogP contribution < -0.4 is 25.7 Å². The number of carbonyl (C=O) groups is 2. The molecule has 1 fully saturated rings. The molecule has 3 aromatic rings. The van der Waals surface area contributed by atoms with Crippen LogP contribution in [0.4, 0.5) is 10.1 Å². The second-order valence-corrected chi connectivity index (χ2v) is 9.71. The zero-order valence-electron chi connectivity index (χ0n) is 21.6. The maximum absolute atomic E-state index is 13.7. The lowest BCUT2D eigenvalue weighted by molar-refractivity contribution is -0.131. The summed E-state index contributed by atoms with van der Waals surface area (Å²) in [5, 5.41) is 18.6. The fourth-order valence-corrected chi connectivity index (χ4v) is 5.24. The Morgan fingerprint density at radius 3 is 2.62 bits per heavy atom. The molecule has 1 aromatic heterocycles. The highest BCUT2D eigenvalue weighted by Crippen LogP contribution is 2.33. The minimum atomic E-state index is -0.898. The smallest absolute Gasteiger partial charge is 0.328 e. The molecule has 2 aromatic carbocycles. The van der Waals surface area contributed by atoms with Crippen LogP contribution in [0.2, 0.25) is 0 Å². The first kappa shape index (κ1) is 26.2. The van der Waals surface area contributed by atoms with Crippen molar-refractivity contribution < 1.29 is 23.8 Å². The summed E-state index contributed by atoms with van der Waals surface area (Å²) >= 11 is 0. The van der Waals surface area contributed by atoms with Crippen molar-refractivity contribution in [2.24, 2.45) is 5.73 Å². The summed E-state index contributed by atoms with van der Waals surface area (Å²) in [5.74, 6) is -1.53. The van der Waals surface area contributed by atoms with E-state index < -0.39 is 23.9 Å². The van der Waals surface area contributed by atoms with Crippen LogP contribution >= 0.6 is 0 Å². The van der Waals surface area contributed by atoms with E-state index in [1.54, 1.807) is 6.20 Å². The molecular formula is C28H31FN6O4. The third-order valence-corrected chi connectivity index (χ3v) is 7.31. The molecule has 4 N–H and O–H groups in total. The van der Waals surface area contributed by atoms with Crippen molar-refractivity contribution in [1.82, 2.24) is 15.2 Å². The van der Waals surface area contributed by atoms with Gasteiger partial charge in [0.2, 0.25) is 0 Å². The number of nitrogens with two attached hydrogens (primary N) is 1. The summed E-state index contributed by atoms with van der Waals surface area (Å²) in [5.41, 5.74) is 10.4. The third kappa shape index (κ3) is 5.58. The van der Waals surface area contributed by atoms with Gasteiger partial charge in [-0.1, -0.05) is 17.7 Å². The lowest BCUT2D eigenvalue weighted by Crippen LogP contribution is -2.58. The molecule has 1 amide bonds. The highest BCUT2D eigenvalue weighted by Gasteiger charge is 2.34. The number of ether oxygens (including phenoxy) is 1. The topological polar surface area (TPSA) is 126 Å². The van der Waals surface area contributed by atoms with Gasteiger partial charge in [-0.25, -0.2) is 9.18 Å². The zero-order valence-corrected chi connectivity index (χ0v) is 21.6. The number of carboxylic acid groups (broad SMARTS) is 1. The van der Waals surface area contributed by atoms with Gasteiger partial charge in [0, 0.05) is 24.4 Å². The number of nitrogens with one attached hydrogen (secondary N) is 1. The SMILES string of the molecule is COc1ccc(F)cc1C(=O)NCc1ccc(N2CN(C3CCC(=CC(=O)O)CC3)n3nccc3C2N)cc1. The van der Waals surface area contributed by atoms with Gasteiger partial charge in [0.05, 0.1) is 24.6 Å². The van der Waals surface area contributed by atoms with Crippen LogP contribution in [0.15, 0.2) is 66.4 Å². The van der Waals surface area contributed by atoms with E-state index >= 15 is 0 Å². The third-order valence-electron chi connectivity index (χ3n) is 7.31. The normalized spacial score (nSPS) is 18.9. The molecule has 5 rings (SSSR count). The fraction of sp³-hybridized carbons (Fsp3) is 0.321. The van der Waals surface area contributed by atoms with E-state index in [9.17, 15) is 14.0 Å². The number of nitrogens with zero attached hydrogens (tertiary/aromatic N) is 4. The van der Waals surface area contributed by atoms with Crippen LogP contribution in [0.1, 0.15) is 53.5 Å². The van der Waals surface area contributed by atoms with Crippen molar-refractivity contribution in [3.05, 3.63) is 89.0 Å². The van der Waals surface area contributed by atoms with Crippen molar-refractivity contribution in [2.75, 3.05) is 23.7 Å².